The van der Waals surface area contributed by atoms with Crippen molar-refractivity contribution in [3.05, 3.63) is 28.8 Å². The number of ether oxygens (including phenoxy) is 1. The summed E-state index contributed by atoms with van der Waals surface area (Å²) in [5.74, 6) is 0.429. The monoisotopic (exact) mass is 278 g/mol. The van der Waals surface area contributed by atoms with Gasteiger partial charge in [-0.2, -0.15) is 0 Å². The average molecular weight is 278 g/mol. The van der Waals surface area contributed by atoms with E-state index < -0.39 is 0 Å². The third kappa shape index (κ3) is 4.24. The largest absolute Gasteiger partial charge is 0.507 e. The topological polar surface area (TPSA) is 29.5 Å². The van der Waals surface area contributed by atoms with E-state index in [1.54, 1.807) is 0 Å². The number of hydrogen-bond donors (Lipinski definition) is 1. The number of hydrogen-bond acceptors (Lipinski definition) is 2. The predicted molar refractivity (Wildman–Crippen MR) is 85.4 cm³/mol. The van der Waals surface area contributed by atoms with Gasteiger partial charge in [0.05, 0.1) is 12.7 Å². The lowest BCUT2D eigenvalue weighted by Crippen LogP contribution is -2.18. The average Bonchev–Trinajstić information content (AvgIpc) is 2.24. The van der Waals surface area contributed by atoms with E-state index >= 15 is 0 Å². The summed E-state index contributed by atoms with van der Waals surface area (Å²) in [5.41, 5.74) is 2.95. The lowest BCUT2D eigenvalue weighted by atomic mass is 9.78. The van der Waals surface area contributed by atoms with Gasteiger partial charge in [0.2, 0.25) is 0 Å². The molecule has 0 aliphatic rings. The van der Waals surface area contributed by atoms with Crippen molar-refractivity contribution >= 4 is 0 Å². The zero-order valence-corrected chi connectivity index (χ0v) is 14.3. The molecule has 0 bridgehead atoms. The molecule has 1 aromatic carbocycles. The normalized spacial score (nSPS) is 13.1. The van der Waals surface area contributed by atoms with Crippen LogP contribution in [0.4, 0.5) is 0 Å². The van der Waals surface area contributed by atoms with Crippen molar-refractivity contribution in [1.82, 2.24) is 0 Å². The van der Waals surface area contributed by atoms with Crippen LogP contribution in [0.1, 0.15) is 72.1 Å². The first-order valence-electron chi connectivity index (χ1n) is 7.41. The summed E-state index contributed by atoms with van der Waals surface area (Å²) < 4.78 is 5.72. The van der Waals surface area contributed by atoms with Crippen molar-refractivity contribution < 1.29 is 9.84 Å². The molecule has 0 fully saturated rings. The number of phenols is 1. The van der Waals surface area contributed by atoms with Crippen molar-refractivity contribution in [2.24, 2.45) is 0 Å². The molecule has 0 aliphatic heterocycles. The molecule has 1 rings (SSSR count). The summed E-state index contributed by atoms with van der Waals surface area (Å²) in [4.78, 5) is 0. The highest BCUT2D eigenvalue weighted by Crippen LogP contribution is 2.39. The van der Waals surface area contributed by atoms with Crippen molar-refractivity contribution in [1.29, 1.82) is 0 Å². The van der Waals surface area contributed by atoms with Crippen LogP contribution in [0.2, 0.25) is 0 Å². The highest BCUT2D eigenvalue weighted by molar-refractivity contribution is 5.49. The zero-order valence-electron chi connectivity index (χ0n) is 14.3. The fourth-order valence-corrected chi connectivity index (χ4v) is 2.18. The molecule has 0 aromatic heterocycles. The van der Waals surface area contributed by atoms with E-state index in [2.05, 4.69) is 53.7 Å². The van der Waals surface area contributed by atoms with Crippen LogP contribution in [-0.2, 0) is 22.2 Å². The highest BCUT2D eigenvalue weighted by atomic mass is 16.5. The van der Waals surface area contributed by atoms with Gasteiger partial charge in [-0.3, -0.25) is 0 Å². The van der Waals surface area contributed by atoms with Crippen LogP contribution < -0.4 is 0 Å². The maximum Gasteiger partial charge on any atom is 0.123 e. The van der Waals surface area contributed by atoms with Crippen LogP contribution in [0.25, 0.3) is 0 Å². The van der Waals surface area contributed by atoms with Gasteiger partial charge in [0.25, 0.3) is 0 Å². The van der Waals surface area contributed by atoms with Gasteiger partial charge in [0.15, 0.2) is 0 Å². The molecule has 0 spiro atoms. The molecule has 2 heteroatoms. The first kappa shape index (κ1) is 17.0. The molecule has 1 N–H and O–H groups in total. The third-order valence-corrected chi connectivity index (χ3v) is 3.37. The van der Waals surface area contributed by atoms with Gasteiger partial charge in [-0.25, -0.2) is 0 Å². The Labute approximate surface area is 124 Å². The van der Waals surface area contributed by atoms with Crippen molar-refractivity contribution in [2.75, 3.05) is 0 Å². The van der Waals surface area contributed by atoms with E-state index in [9.17, 15) is 5.11 Å². The van der Waals surface area contributed by atoms with Crippen molar-refractivity contribution in [3.8, 4) is 5.75 Å². The van der Waals surface area contributed by atoms with Gasteiger partial charge in [-0.15, -0.1) is 0 Å². The first-order valence-corrected chi connectivity index (χ1v) is 7.41. The lowest BCUT2D eigenvalue weighted by molar-refractivity contribution is 0.0655. The van der Waals surface area contributed by atoms with Gasteiger partial charge >= 0.3 is 0 Å². The molecule has 0 aliphatic carbocycles. The van der Waals surface area contributed by atoms with Crippen LogP contribution in [-0.4, -0.2) is 11.2 Å². The molecule has 0 unspecified atom stereocenters. The second-order valence-electron chi connectivity index (χ2n) is 7.90. The van der Waals surface area contributed by atoms with E-state index in [4.69, 9.17) is 4.74 Å². The van der Waals surface area contributed by atoms with E-state index in [1.807, 2.05) is 13.8 Å². The Morgan fingerprint density at radius 3 is 1.65 bits per heavy atom. The van der Waals surface area contributed by atoms with E-state index in [-0.39, 0.29) is 16.9 Å². The predicted octanol–water partition coefficient (Wildman–Crippen LogP) is 4.91. The number of benzene rings is 1. The van der Waals surface area contributed by atoms with Crippen LogP contribution in [0.15, 0.2) is 12.1 Å². The minimum atomic E-state index is -0.0854. The Kier molecular flexibility index (Phi) is 4.91. The van der Waals surface area contributed by atoms with Crippen molar-refractivity contribution in [3.63, 3.8) is 0 Å². The van der Waals surface area contributed by atoms with Crippen LogP contribution in [0.3, 0.4) is 0 Å². The molecule has 114 valence electrons. The minimum absolute atomic E-state index is 0.0854. The zero-order chi connectivity index (χ0) is 15.7. The van der Waals surface area contributed by atoms with Crippen LogP contribution in [0.5, 0.6) is 5.75 Å². The number of phenolic OH excluding ortho intramolecular Hbond substituents is 1. The Morgan fingerprint density at radius 1 is 0.950 bits per heavy atom. The van der Waals surface area contributed by atoms with Crippen molar-refractivity contribution in [2.45, 2.75) is 78.9 Å². The van der Waals surface area contributed by atoms with E-state index in [1.165, 1.54) is 0 Å². The summed E-state index contributed by atoms with van der Waals surface area (Å²) in [6.45, 7) is 17.4. The van der Waals surface area contributed by atoms with Gasteiger partial charge < -0.3 is 9.84 Å². The molecule has 0 heterocycles. The summed E-state index contributed by atoms with van der Waals surface area (Å²) in [7, 11) is 0. The summed E-state index contributed by atoms with van der Waals surface area (Å²) in [6, 6.07) is 4.15. The van der Waals surface area contributed by atoms with E-state index in [0.29, 0.717) is 12.4 Å². The Morgan fingerprint density at radius 2 is 1.35 bits per heavy atom. The second kappa shape index (κ2) is 5.77. The molecule has 0 amide bonds. The number of aromatic hydroxyl groups is 1. The quantitative estimate of drug-likeness (QED) is 0.851. The molecule has 2 nitrogen and oxygen atoms in total. The first-order chi connectivity index (χ1) is 8.93. The second-order valence-corrected chi connectivity index (χ2v) is 7.90. The maximum absolute atomic E-state index is 10.6. The smallest absolute Gasteiger partial charge is 0.123 e. The molecule has 0 saturated carbocycles. The van der Waals surface area contributed by atoms with Gasteiger partial charge in [0, 0.05) is 0 Å². The summed E-state index contributed by atoms with van der Waals surface area (Å²) in [6.07, 6.45) is 0.208. The standard InChI is InChI=1S/C18H30O2/c1-12(2)20-11-13-9-14(17(3,4)5)16(19)15(10-13)18(6,7)8/h9-10,12,19H,11H2,1-8H3. The summed E-state index contributed by atoms with van der Waals surface area (Å²) in [5, 5.41) is 10.6. The molecule has 1 aromatic rings. The SMILES string of the molecule is CC(C)OCc1cc(C(C)(C)C)c(O)c(C(C)(C)C)c1. The fraction of sp³-hybridized carbons (Fsp3) is 0.667. The maximum atomic E-state index is 10.6. The Balaban J connectivity index is 3.35. The Hall–Kier alpha value is -1.02. The third-order valence-electron chi connectivity index (χ3n) is 3.37. The fourth-order valence-electron chi connectivity index (χ4n) is 2.18. The Bertz CT molecular complexity index is 424. The number of rotatable bonds is 3. The minimum Gasteiger partial charge on any atom is -0.507 e. The molecule has 0 saturated heterocycles. The summed E-state index contributed by atoms with van der Waals surface area (Å²) >= 11 is 0. The van der Waals surface area contributed by atoms with E-state index in [0.717, 1.165) is 16.7 Å². The van der Waals surface area contributed by atoms with Crippen LogP contribution in [0, 0.1) is 0 Å². The molecular formula is C18H30O2. The van der Waals surface area contributed by atoms with Crippen LogP contribution >= 0.6 is 0 Å². The molecule has 20 heavy (non-hydrogen) atoms. The lowest BCUT2D eigenvalue weighted by Gasteiger charge is -2.28. The molecule has 0 atom stereocenters. The molecular weight excluding hydrogens is 248 g/mol. The highest BCUT2D eigenvalue weighted by Gasteiger charge is 2.26. The van der Waals surface area contributed by atoms with Gasteiger partial charge in [0.1, 0.15) is 5.75 Å². The molecule has 0 radical (unpaired) electrons. The van der Waals surface area contributed by atoms with Gasteiger partial charge in [-0.05, 0) is 53.5 Å². The van der Waals surface area contributed by atoms with Gasteiger partial charge in [-0.1, -0.05) is 41.5 Å².